The van der Waals surface area contributed by atoms with Crippen LogP contribution in [0.4, 0.5) is 0 Å². The number of halogens is 1. The monoisotopic (exact) mass is 264 g/mol. The minimum absolute atomic E-state index is 0.150. The highest BCUT2D eigenvalue weighted by Crippen LogP contribution is 2.38. The molecule has 18 heavy (non-hydrogen) atoms. The van der Waals surface area contributed by atoms with Crippen LogP contribution >= 0.6 is 11.6 Å². The quantitative estimate of drug-likeness (QED) is 0.731. The SMILES string of the molecule is Cc1cc(C(=O)N2C3CCC2CC(Cl)C3)ccn1. The minimum Gasteiger partial charge on any atom is -0.333 e. The number of piperidine rings is 1. The molecular weight excluding hydrogens is 248 g/mol. The van der Waals surface area contributed by atoms with E-state index < -0.39 is 0 Å². The molecule has 3 nitrogen and oxygen atoms in total. The van der Waals surface area contributed by atoms with E-state index in [1.165, 1.54) is 0 Å². The molecule has 0 N–H and O–H groups in total. The number of aryl methyl sites for hydroxylation is 1. The smallest absolute Gasteiger partial charge is 0.254 e. The molecular formula is C14H17ClN2O. The van der Waals surface area contributed by atoms with Gasteiger partial charge in [-0.3, -0.25) is 9.78 Å². The van der Waals surface area contributed by atoms with Crippen molar-refractivity contribution in [3.05, 3.63) is 29.6 Å². The molecule has 1 aromatic heterocycles. The minimum atomic E-state index is 0.150. The summed E-state index contributed by atoms with van der Waals surface area (Å²) in [5.74, 6) is 0.150. The van der Waals surface area contributed by atoms with Crippen molar-refractivity contribution in [3.8, 4) is 0 Å². The highest BCUT2D eigenvalue weighted by molar-refractivity contribution is 6.20. The van der Waals surface area contributed by atoms with Gasteiger partial charge in [0.1, 0.15) is 0 Å². The van der Waals surface area contributed by atoms with Crippen molar-refractivity contribution in [3.63, 3.8) is 0 Å². The number of hydrogen-bond donors (Lipinski definition) is 0. The van der Waals surface area contributed by atoms with Gasteiger partial charge in [0.15, 0.2) is 0 Å². The molecule has 2 atom stereocenters. The van der Waals surface area contributed by atoms with Crippen LogP contribution in [0.1, 0.15) is 41.7 Å². The number of amides is 1. The van der Waals surface area contributed by atoms with E-state index in [0.717, 1.165) is 36.9 Å². The van der Waals surface area contributed by atoms with Gasteiger partial charge in [-0.1, -0.05) is 0 Å². The summed E-state index contributed by atoms with van der Waals surface area (Å²) in [4.78, 5) is 18.8. The average Bonchev–Trinajstić information content (AvgIpc) is 2.61. The van der Waals surface area contributed by atoms with E-state index >= 15 is 0 Å². The Morgan fingerprint density at radius 2 is 2.06 bits per heavy atom. The number of fused-ring (bicyclic) bond motifs is 2. The molecule has 4 heteroatoms. The van der Waals surface area contributed by atoms with E-state index in [2.05, 4.69) is 9.88 Å². The zero-order valence-corrected chi connectivity index (χ0v) is 11.2. The Morgan fingerprint density at radius 3 is 2.67 bits per heavy atom. The number of carbonyl (C=O) groups is 1. The van der Waals surface area contributed by atoms with Crippen LogP contribution in [0.3, 0.4) is 0 Å². The first-order chi connectivity index (χ1) is 8.65. The van der Waals surface area contributed by atoms with Gasteiger partial charge in [-0.15, -0.1) is 11.6 Å². The van der Waals surface area contributed by atoms with Gasteiger partial charge >= 0.3 is 0 Å². The third kappa shape index (κ3) is 2.01. The van der Waals surface area contributed by atoms with Gasteiger partial charge in [-0.05, 0) is 44.7 Å². The van der Waals surface area contributed by atoms with Gasteiger partial charge in [0.2, 0.25) is 0 Å². The molecule has 0 spiro atoms. The van der Waals surface area contributed by atoms with Crippen LogP contribution in [0.15, 0.2) is 18.3 Å². The van der Waals surface area contributed by atoms with Gasteiger partial charge in [0, 0.05) is 34.9 Å². The molecule has 0 radical (unpaired) electrons. The summed E-state index contributed by atoms with van der Waals surface area (Å²) in [5.41, 5.74) is 1.65. The number of hydrogen-bond acceptors (Lipinski definition) is 2. The Bertz CT molecular complexity index is 463. The first-order valence-corrected chi connectivity index (χ1v) is 6.98. The van der Waals surface area contributed by atoms with E-state index in [4.69, 9.17) is 11.6 Å². The maximum Gasteiger partial charge on any atom is 0.254 e. The topological polar surface area (TPSA) is 33.2 Å². The van der Waals surface area contributed by atoms with Gasteiger partial charge in [-0.25, -0.2) is 0 Å². The number of alkyl halides is 1. The van der Waals surface area contributed by atoms with Crippen LogP contribution in [0, 0.1) is 6.92 Å². The third-order valence-electron chi connectivity index (χ3n) is 4.05. The number of aromatic nitrogens is 1. The van der Waals surface area contributed by atoms with Crippen molar-refractivity contribution in [1.82, 2.24) is 9.88 Å². The first kappa shape index (κ1) is 12.0. The molecule has 96 valence electrons. The zero-order valence-electron chi connectivity index (χ0n) is 10.5. The largest absolute Gasteiger partial charge is 0.333 e. The highest BCUT2D eigenvalue weighted by Gasteiger charge is 2.42. The molecule has 2 fully saturated rings. The number of pyridine rings is 1. The second kappa shape index (κ2) is 4.54. The van der Waals surface area contributed by atoms with Crippen molar-refractivity contribution in [2.75, 3.05) is 0 Å². The Kier molecular flexibility index (Phi) is 3.02. The van der Waals surface area contributed by atoms with Gasteiger partial charge in [-0.2, -0.15) is 0 Å². The number of rotatable bonds is 1. The number of nitrogens with zero attached hydrogens (tertiary/aromatic N) is 2. The molecule has 2 unspecified atom stereocenters. The van der Waals surface area contributed by atoms with Crippen LogP contribution in [0.2, 0.25) is 0 Å². The molecule has 2 aliphatic rings. The van der Waals surface area contributed by atoms with Crippen LogP contribution in [0.5, 0.6) is 0 Å². The fourth-order valence-electron chi connectivity index (χ4n) is 3.27. The van der Waals surface area contributed by atoms with Crippen molar-refractivity contribution >= 4 is 17.5 Å². The van der Waals surface area contributed by atoms with E-state index in [1.54, 1.807) is 6.20 Å². The van der Waals surface area contributed by atoms with Gasteiger partial charge < -0.3 is 4.90 Å². The lowest BCUT2D eigenvalue weighted by molar-refractivity contribution is 0.0599. The Balaban J connectivity index is 1.85. The standard InChI is InChI=1S/C14H17ClN2O/c1-9-6-10(4-5-16-9)14(18)17-12-2-3-13(17)8-11(15)7-12/h4-6,11-13H,2-3,7-8H2,1H3. The number of carbonyl (C=O) groups excluding carboxylic acids is 1. The second-order valence-electron chi connectivity index (χ2n) is 5.35. The molecule has 1 amide bonds. The summed E-state index contributed by atoms with van der Waals surface area (Å²) in [5, 5.41) is 0.241. The summed E-state index contributed by atoms with van der Waals surface area (Å²) in [6.07, 6.45) is 5.79. The van der Waals surface area contributed by atoms with Gasteiger partial charge in [0.05, 0.1) is 0 Å². The fraction of sp³-hybridized carbons (Fsp3) is 0.571. The van der Waals surface area contributed by atoms with Crippen LogP contribution in [0.25, 0.3) is 0 Å². The second-order valence-corrected chi connectivity index (χ2v) is 5.97. The zero-order chi connectivity index (χ0) is 12.7. The maximum absolute atomic E-state index is 12.6. The molecule has 3 rings (SSSR count). The van der Waals surface area contributed by atoms with E-state index in [9.17, 15) is 4.79 Å². The molecule has 0 aromatic carbocycles. The maximum atomic E-state index is 12.6. The van der Waals surface area contributed by atoms with E-state index in [0.29, 0.717) is 12.1 Å². The lowest BCUT2D eigenvalue weighted by Crippen LogP contribution is -2.46. The molecule has 0 aliphatic carbocycles. The average molecular weight is 265 g/mol. The molecule has 1 aromatic rings. The molecule has 2 saturated heterocycles. The lowest BCUT2D eigenvalue weighted by atomic mass is 10.0. The third-order valence-corrected chi connectivity index (χ3v) is 4.41. The fourth-order valence-corrected chi connectivity index (χ4v) is 3.68. The summed E-state index contributed by atoms with van der Waals surface area (Å²) in [6, 6.07) is 4.36. The summed E-state index contributed by atoms with van der Waals surface area (Å²) in [7, 11) is 0. The molecule has 2 aliphatic heterocycles. The molecule has 3 heterocycles. The highest BCUT2D eigenvalue weighted by atomic mass is 35.5. The van der Waals surface area contributed by atoms with Gasteiger partial charge in [0.25, 0.3) is 5.91 Å². The molecule has 2 bridgehead atoms. The molecule has 0 saturated carbocycles. The van der Waals surface area contributed by atoms with Crippen LogP contribution in [-0.4, -0.2) is 33.3 Å². The summed E-state index contributed by atoms with van der Waals surface area (Å²) in [6.45, 7) is 1.91. The normalized spacial score (nSPS) is 30.6. The predicted octanol–water partition coefficient (Wildman–Crippen LogP) is 2.76. The predicted molar refractivity (Wildman–Crippen MR) is 70.8 cm³/mol. The summed E-state index contributed by atoms with van der Waals surface area (Å²) >= 11 is 6.24. The van der Waals surface area contributed by atoms with Crippen molar-refractivity contribution in [2.24, 2.45) is 0 Å². The van der Waals surface area contributed by atoms with E-state index in [1.807, 2.05) is 19.1 Å². The van der Waals surface area contributed by atoms with Crippen molar-refractivity contribution in [2.45, 2.75) is 50.1 Å². The Labute approximate surface area is 112 Å². The van der Waals surface area contributed by atoms with Crippen molar-refractivity contribution in [1.29, 1.82) is 0 Å². The lowest BCUT2D eigenvalue weighted by Gasteiger charge is -2.37. The van der Waals surface area contributed by atoms with Crippen LogP contribution < -0.4 is 0 Å². The first-order valence-electron chi connectivity index (χ1n) is 6.54. The Hall–Kier alpha value is -1.09. The Morgan fingerprint density at radius 1 is 1.39 bits per heavy atom. The van der Waals surface area contributed by atoms with E-state index in [-0.39, 0.29) is 11.3 Å². The van der Waals surface area contributed by atoms with Crippen LogP contribution in [-0.2, 0) is 0 Å². The van der Waals surface area contributed by atoms with Crippen molar-refractivity contribution < 1.29 is 4.79 Å². The summed E-state index contributed by atoms with van der Waals surface area (Å²) < 4.78 is 0.